The lowest BCUT2D eigenvalue weighted by Gasteiger charge is -2.16. The first-order valence-electron chi connectivity index (χ1n) is 10.7. The summed E-state index contributed by atoms with van der Waals surface area (Å²) < 4.78 is 16.0. The summed E-state index contributed by atoms with van der Waals surface area (Å²) in [7, 11) is 1.96. The third kappa shape index (κ3) is 5.23. The van der Waals surface area contributed by atoms with Crippen molar-refractivity contribution < 1.29 is 9.18 Å². The smallest absolute Gasteiger partial charge is 0.251 e. The SMILES string of the molecule is Cn1c(CNc2cccc(C(=O)NCc3cc(C#N)ccc3F)c2)nnc1C1CC=NCC1. The van der Waals surface area contributed by atoms with E-state index in [1.165, 1.54) is 18.2 Å². The maximum atomic E-state index is 13.9. The fourth-order valence-corrected chi connectivity index (χ4v) is 3.77. The van der Waals surface area contributed by atoms with Gasteiger partial charge in [0.25, 0.3) is 5.91 Å². The molecule has 0 saturated heterocycles. The first-order chi connectivity index (χ1) is 16.0. The maximum Gasteiger partial charge on any atom is 0.251 e. The molecule has 8 nitrogen and oxygen atoms in total. The number of hydrogen-bond acceptors (Lipinski definition) is 6. The molecule has 1 aromatic heterocycles. The van der Waals surface area contributed by atoms with E-state index in [0.717, 1.165) is 36.7 Å². The second-order valence-corrected chi connectivity index (χ2v) is 7.88. The fraction of sp³-hybridized carbons (Fsp3) is 0.292. The van der Waals surface area contributed by atoms with Gasteiger partial charge in [0, 0.05) is 42.9 Å². The zero-order valence-electron chi connectivity index (χ0n) is 18.3. The molecule has 2 heterocycles. The van der Waals surface area contributed by atoms with E-state index in [1.54, 1.807) is 18.2 Å². The van der Waals surface area contributed by atoms with Crippen molar-refractivity contribution in [2.45, 2.75) is 31.8 Å². The zero-order chi connectivity index (χ0) is 23.2. The number of halogens is 1. The molecule has 1 atom stereocenters. The summed E-state index contributed by atoms with van der Waals surface area (Å²) in [6.07, 6.45) is 3.80. The summed E-state index contributed by atoms with van der Waals surface area (Å²) in [6.45, 7) is 1.27. The van der Waals surface area contributed by atoms with Crippen molar-refractivity contribution in [3.8, 4) is 6.07 Å². The van der Waals surface area contributed by atoms with Crippen LogP contribution in [0.15, 0.2) is 47.5 Å². The van der Waals surface area contributed by atoms with Crippen LogP contribution in [0.1, 0.15) is 51.9 Å². The number of nitrogens with zero attached hydrogens (tertiary/aromatic N) is 5. The summed E-state index contributed by atoms with van der Waals surface area (Å²) in [4.78, 5) is 16.9. The molecule has 4 rings (SSSR count). The zero-order valence-corrected chi connectivity index (χ0v) is 18.3. The van der Waals surface area contributed by atoms with E-state index >= 15 is 0 Å². The number of hydrogen-bond donors (Lipinski definition) is 2. The Hall–Kier alpha value is -4.06. The highest BCUT2D eigenvalue weighted by Gasteiger charge is 2.20. The van der Waals surface area contributed by atoms with Gasteiger partial charge in [-0.15, -0.1) is 10.2 Å². The van der Waals surface area contributed by atoms with Gasteiger partial charge in [0.05, 0.1) is 18.2 Å². The number of nitriles is 1. The van der Waals surface area contributed by atoms with Crippen LogP contribution in [-0.2, 0) is 20.1 Å². The van der Waals surface area contributed by atoms with Crippen LogP contribution in [0.3, 0.4) is 0 Å². The van der Waals surface area contributed by atoms with Gasteiger partial charge in [0.1, 0.15) is 11.6 Å². The Morgan fingerprint density at radius 2 is 2.12 bits per heavy atom. The third-order valence-corrected chi connectivity index (χ3v) is 5.68. The Bertz CT molecular complexity index is 1230. The van der Waals surface area contributed by atoms with Gasteiger partial charge in [-0.25, -0.2) is 4.39 Å². The summed E-state index contributed by atoms with van der Waals surface area (Å²) in [5.41, 5.74) is 1.81. The highest BCUT2D eigenvalue weighted by atomic mass is 19.1. The number of rotatable bonds is 7. The normalized spacial score (nSPS) is 15.1. The predicted molar refractivity (Wildman–Crippen MR) is 122 cm³/mol. The van der Waals surface area contributed by atoms with Gasteiger partial charge in [-0.3, -0.25) is 9.79 Å². The Kier molecular flexibility index (Phi) is 6.74. The molecule has 9 heteroatoms. The maximum absolute atomic E-state index is 13.9. The van der Waals surface area contributed by atoms with E-state index in [2.05, 4.69) is 25.8 Å². The Morgan fingerprint density at radius 3 is 2.91 bits per heavy atom. The standard InChI is InChI=1S/C24H24FN7O/c1-32-22(30-31-23(32)17-7-9-27-10-8-17)15-28-20-4-2-3-18(12-20)24(33)29-14-19-11-16(13-26)5-6-21(19)25/h2-6,9,11-12,17,28H,7-8,10,14-15H2,1H3,(H,29,33). The highest BCUT2D eigenvalue weighted by molar-refractivity contribution is 5.95. The van der Waals surface area contributed by atoms with Crippen molar-refractivity contribution in [2.75, 3.05) is 11.9 Å². The van der Waals surface area contributed by atoms with Crippen LogP contribution >= 0.6 is 0 Å². The molecule has 2 aromatic carbocycles. The number of aromatic nitrogens is 3. The van der Waals surface area contributed by atoms with Crippen LogP contribution in [0.4, 0.5) is 10.1 Å². The van der Waals surface area contributed by atoms with Crippen LogP contribution < -0.4 is 10.6 Å². The summed E-state index contributed by atoms with van der Waals surface area (Å²) in [5, 5.41) is 23.6. The third-order valence-electron chi connectivity index (χ3n) is 5.68. The molecule has 0 bridgehead atoms. The minimum atomic E-state index is -0.465. The molecule has 1 aliphatic rings. The Morgan fingerprint density at radius 1 is 1.24 bits per heavy atom. The van der Waals surface area contributed by atoms with Crippen molar-refractivity contribution >= 4 is 17.8 Å². The molecule has 168 valence electrons. The fourth-order valence-electron chi connectivity index (χ4n) is 3.77. The van der Waals surface area contributed by atoms with Gasteiger partial charge in [-0.05, 0) is 55.5 Å². The average Bonchev–Trinajstić information content (AvgIpc) is 3.23. The minimum absolute atomic E-state index is 0.00850. The molecular formula is C24H24FN7O. The number of amides is 1. The van der Waals surface area contributed by atoms with Gasteiger partial charge in [0.15, 0.2) is 5.82 Å². The molecule has 0 spiro atoms. The quantitative estimate of drug-likeness (QED) is 0.580. The lowest BCUT2D eigenvalue weighted by molar-refractivity contribution is 0.0950. The number of carbonyl (C=O) groups excluding carboxylic acids is 1. The molecule has 1 amide bonds. The van der Waals surface area contributed by atoms with Crippen LogP contribution in [0.25, 0.3) is 0 Å². The lowest BCUT2D eigenvalue weighted by Crippen LogP contribution is -2.23. The molecule has 0 aliphatic carbocycles. The van der Waals surface area contributed by atoms with Gasteiger partial charge < -0.3 is 15.2 Å². The minimum Gasteiger partial charge on any atom is -0.378 e. The van der Waals surface area contributed by atoms with Crippen LogP contribution in [0.2, 0.25) is 0 Å². The number of benzene rings is 2. The van der Waals surface area contributed by atoms with Gasteiger partial charge >= 0.3 is 0 Å². The molecule has 0 saturated carbocycles. The van der Waals surface area contributed by atoms with Gasteiger partial charge in [-0.2, -0.15) is 5.26 Å². The Balaban J connectivity index is 1.37. The number of aliphatic imine (C=N–C) groups is 1. The van der Waals surface area contributed by atoms with E-state index in [0.29, 0.717) is 23.6 Å². The Labute approximate surface area is 191 Å². The largest absolute Gasteiger partial charge is 0.378 e. The second kappa shape index (κ2) is 10.0. The molecule has 3 aromatic rings. The van der Waals surface area contributed by atoms with Crippen molar-refractivity contribution in [3.05, 3.63) is 76.6 Å². The van der Waals surface area contributed by atoms with Gasteiger partial charge in [-0.1, -0.05) is 6.07 Å². The van der Waals surface area contributed by atoms with Crippen LogP contribution in [0.5, 0.6) is 0 Å². The predicted octanol–water partition coefficient (Wildman–Crippen LogP) is 3.32. The topological polar surface area (TPSA) is 108 Å². The first kappa shape index (κ1) is 22.1. The molecule has 1 unspecified atom stereocenters. The summed E-state index contributed by atoms with van der Waals surface area (Å²) in [5.74, 6) is 1.29. The van der Waals surface area contributed by atoms with E-state index in [9.17, 15) is 9.18 Å². The highest BCUT2D eigenvalue weighted by Crippen LogP contribution is 2.24. The van der Waals surface area contributed by atoms with Gasteiger partial charge in [0.2, 0.25) is 0 Å². The van der Waals surface area contributed by atoms with Crippen molar-refractivity contribution in [1.82, 2.24) is 20.1 Å². The van der Waals surface area contributed by atoms with Crippen LogP contribution in [-0.4, -0.2) is 33.4 Å². The molecule has 1 aliphatic heterocycles. The van der Waals surface area contributed by atoms with Crippen molar-refractivity contribution in [2.24, 2.45) is 12.0 Å². The number of carbonyl (C=O) groups is 1. The molecule has 2 N–H and O–H groups in total. The molecule has 0 fully saturated rings. The molecule has 0 radical (unpaired) electrons. The molecular weight excluding hydrogens is 421 g/mol. The lowest BCUT2D eigenvalue weighted by atomic mass is 9.99. The first-order valence-corrected chi connectivity index (χ1v) is 10.7. The van der Waals surface area contributed by atoms with E-state index in [1.807, 2.05) is 30.0 Å². The average molecular weight is 446 g/mol. The van der Waals surface area contributed by atoms with E-state index < -0.39 is 5.82 Å². The second-order valence-electron chi connectivity index (χ2n) is 7.88. The van der Waals surface area contributed by atoms with E-state index in [4.69, 9.17) is 5.26 Å². The summed E-state index contributed by atoms with van der Waals surface area (Å²) >= 11 is 0. The van der Waals surface area contributed by atoms with Crippen molar-refractivity contribution in [3.63, 3.8) is 0 Å². The van der Waals surface area contributed by atoms with Crippen molar-refractivity contribution in [1.29, 1.82) is 5.26 Å². The monoisotopic (exact) mass is 445 g/mol. The molecule has 33 heavy (non-hydrogen) atoms. The van der Waals surface area contributed by atoms with Crippen LogP contribution in [0, 0.1) is 17.1 Å². The number of nitrogens with one attached hydrogen (secondary N) is 2. The van der Waals surface area contributed by atoms with E-state index in [-0.39, 0.29) is 18.0 Å². The summed E-state index contributed by atoms with van der Waals surface area (Å²) in [6, 6.07) is 13.1. The number of anilines is 1.